The predicted octanol–water partition coefficient (Wildman–Crippen LogP) is 6.05. The summed E-state index contributed by atoms with van der Waals surface area (Å²) >= 11 is 18.6. The van der Waals surface area contributed by atoms with Gasteiger partial charge in [0.2, 0.25) is 0 Å². The number of anilines is 1. The van der Waals surface area contributed by atoms with E-state index in [1.54, 1.807) is 42.5 Å². The third-order valence-electron chi connectivity index (χ3n) is 4.52. The average Bonchev–Trinajstić information content (AvgIpc) is 2.76. The minimum Gasteiger partial charge on any atom is -0.481 e. The molecule has 0 bridgehead atoms. The van der Waals surface area contributed by atoms with Crippen LogP contribution in [0.4, 0.5) is 5.69 Å². The Labute approximate surface area is 206 Å². The number of nitrogens with zero attached hydrogens (tertiary/aromatic N) is 1. The molecule has 9 heteroatoms. The Kier molecular flexibility index (Phi) is 8.33. The quantitative estimate of drug-likeness (QED) is 0.304. The van der Waals surface area contributed by atoms with Gasteiger partial charge in [0.05, 0.1) is 16.3 Å². The van der Waals surface area contributed by atoms with Crippen molar-refractivity contribution in [3.63, 3.8) is 0 Å². The van der Waals surface area contributed by atoms with E-state index in [4.69, 9.17) is 39.5 Å². The highest BCUT2D eigenvalue weighted by Gasteiger charge is 2.12. The minimum absolute atomic E-state index is 0.163. The maximum atomic E-state index is 12.2. The van der Waals surface area contributed by atoms with Crippen LogP contribution in [0.25, 0.3) is 0 Å². The van der Waals surface area contributed by atoms with Crippen LogP contribution in [0.15, 0.2) is 59.7 Å². The number of rotatable bonds is 7. The highest BCUT2D eigenvalue weighted by atomic mass is 35.5. The SMILES string of the molecule is Cc1ccc(C(=O)N/N=C/c2cc(Cl)c(OCC(=O)Nc3ccc(C)c(Cl)c3)c(Cl)c2)cc1. The molecule has 0 heterocycles. The van der Waals surface area contributed by atoms with Crippen molar-refractivity contribution >= 4 is 58.5 Å². The molecular weight excluding hydrogens is 485 g/mol. The first-order chi connectivity index (χ1) is 15.7. The van der Waals surface area contributed by atoms with Crippen LogP contribution in [0, 0.1) is 13.8 Å². The van der Waals surface area contributed by atoms with E-state index in [1.807, 2.05) is 26.0 Å². The molecule has 6 nitrogen and oxygen atoms in total. The molecule has 0 unspecified atom stereocenters. The van der Waals surface area contributed by atoms with Crippen molar-refractivity contribution in [1.29, 1.82) is 0 Å². The topological polar surface area (TPSA) is 79.8 Å². The highest BCUT2D eigenvalue weighted by molar-refractivity contribution is 6.37. The van der Waals surface area contributed by atoms with E-state index < -0.39 is 5.91 Å². The average molecular weight is 505 g/mol. The lowest BCUT2D eigenvalue weighted by atomic mass is 10.1. The number of hydrogen-bond donors (Lipinski definition) is 2. The molecule has 0 aliphatic carbocycles. The molecule has 2 amide bonds. The molecule has 2 N–H and O–H groups in total. The van der Waals surface area contributed by atoms with Crippen molar-refractivity contribution in [2.45, 2.75) is 13.8 Å². The van der Waals surface area contributed by atoms with Crippen molar-refractivity contribution in [2.75, 3.05) is 11.9 Å². The lowest BCUT2D eigenvalue weighted by Crippen LogP contribution is -2.20. The van der Waals surface area contributed by atoms with E-state index in [0.29, 0.717) is 21.8 Å². The number of aryl methyl sites for hydroxylation is 2. The van der Waals surface area contributed by atoms with Gasteiger partial charge in [-0.2, -0.15) is 5.10 Å². The van der Waals surface area contributed by atoms with Crippen LogP contribution in [0.5, 0.6) is 5.75 Å². The lowest BCUT2D eigenvalue weighted by Gasteiger charge is -2.11. The fraction of sp³-hybridized carbons (Fsp3) is 0.125. The number of carbonyl (C=O) groups is 2. The standard InChI is InChI=1S/C24H20Cl3N3O3/c1-14-3-6-17(7-4-14)24(32)30-28-12-16-9-20(26)23(21(27)10-16)33-13-22(31)29-18-8-5-15(2)19(25)11-18/h3-12H,13H2,1-2H3,(H,29,31)(H,30,32)/b28-12+. The van der Waals surface area contributed by atoms with E-state index in [9.17, 15) is 9.59 Å². The lowest BCUT2D eigenvalue weighted by molar-refractivity contribution is -0.118. The summed E-state index contributed by atoms with van der Waals surface area (Å²) in [4.78, 5) is 24.3. The van der Waals surface area contributed by atoms with Gasteiger partial charge in [0.1, 0.15) is 0 Å². The molecule has 0 radical (unpaired) electrons. The van der Waals surface area contributed by atoms with Crippen LogP contribution >= 0.6 is 34.8 Å². The second kappa shape index (κ2) is 11.2. The van der Waals surface area contributed by atoms with Gasteiger partial charge in [0, 0.05) is 16.3 Å². The Hall–Kier alpha value is -3.06. The molecule has 0 saturated carbocycles. The monoisotopic (exact) mass is 503 g/mol. The van der Waals surface area contributed by atoms with E-state index in [2.05, 4.69) is 15.8 Å². The zero-order valence-electron chi connectivity index (χ0n) is 17.8. The molecule has 0 aliphatic rings. The Morgan fingerprint density at radius 2 is 1.61 bits per heavy atom. The summed E-state index contributed by atoms with van der Waals surface area (Å²) in [5.41, 5.74) is 5.98. The molecule has 3 rings (SSSR count). The van der Waals surface area contributed by atoms with Gasteiger partial charge in [-0.3, -0.25) is 9.59 Å². The fourth-order valence-corrected chi connectivity index (χ4v) is 3.53. The predicted molar refractivity (Wildman–Crippen MR) is 133 cm³/mol. The van der Waals surface area contributed by atoms with Crippen LogP contribution in [0.2, 0.25) is 15.1 Å². The Morgan fingerprint density at radius 3 is 2.24 bits per heavy atom. The molecule has 0 aromatic heterocycles. The first-order valence-corrected chi connectivity index (χ1v) is 10.9. The smallest absolute Gasteiger partial charge is 0.271 e. The van der Waals surface area contributed by atoms with Crippen molar-refractivity contribution < 1.29 is 14.3 Å². The largest absolute Gasteiger partial charge is 0.481 e. The first kappa shape index (κ1) is 24.6. The first-order valence-electron chi connectivity index (χ1n) is 9.81. The van der Waals surface area contributed by atoms with E-state index in [-0.39, 0.29) is 28.3 Å². The van der Waals surface area contributed by atoms with Crippen LogP contribution < -0.4 is 15.5 Å². The maximum absolute atomic E-state index is 12.2. The number of hydrogen-bond acceptors (Lipinski definition) is 4. The number of benzene rings is 3. The number of amides is 2. The Balaban J connectivity index is 1.58. The van der Waals surface area contributed by atoms with Crippen LogP contribution in [0.1, 0.15) is 27.0 Å². The van der Waals surface area contributed by atoms with Gasteiger partial charge < -0.3 is 10.1 Å². The van der Waals surface area contributed by atoms with Crippen molar-refractivity contribution in [3.8, 4) is 5.75 Å². The third kappa shape index (κ3) is 6.96. The van der Waals surface area contributed by atoms with Gasteiger partial charge in [-0.15, -0.1) is 0 Å². The minimum atomic E-state index is -0.397. The molecule has 3 aromatic carbocycles. The molecule has 0 aliphatic heterocycles. The normalized spacial score (nSPS) is 10.8. The zero-order valence-corrected chi connectivity index (χ0v) is 20.1. The summed E-state index contributed by atoms with van der Waals surface area (Å²) in [6.07, 6.45) is 1.40. The van der Waals surface area contributed by atoms with Gasteiger partial charge >= 0.3 is 0 Å². The van der Waals surface area contributed by atoms with Gasteiger partial charge in [-0.25, -0.2) is 5.43 Å². The maximum Gasteiger partial charge on any atom is 0.271 e. The van der Waals surface area contributed by atoms with E-state index in [0.717, 1.165) is 11.1 Å². The van der Waals surface area contributed by atoms with Crippen LogP contribution in [-0.2, 0) is 4.79 Å². The summed E-state index contributed by atoms with van der Waals surface area (Å²) in [6.45, 7) is 3.51. The second-order valence-corrected chi connectivity index (χ2v) is 8.40. The third-order valence-corrected chi connectivity index (χ3v) is 5.49. The molecule has 0 spiro atoms. The van der Waals surface area contributed by atoms with Gasteiger partial charge in [0.15, 0.2) is 12.4 Å². The Bertz CT molecular complexity index is 1190. The van der Waals surface area contributed by atoms with Crippen LogP contribution in [0.3, 0.4) is 0 Å². The number of nitrogens with one attached hydrogen (secondary N) is 2. The van der Waals surface area contributed by atoms with Crippen molar-refractivity contribution in [1.82, 2.24) is 5.43 Å². The molecular formula is C24H20Cl3N3O3. The second-order valence-electron chi connectivity index (χ2n) is 7.18. The van der Waals surface area contributed by atoms with Gasteiger partial charge in [-0.05, 0) is 61.4 Å². The summed E-state index contributed by atoms with van der Waals surface area (Å²) in [6, 6.07) is 15.4. The zero-order chi connectivity index (χ0) is 24.0. The Morgan fingerprint density at radius 1 is 0.939 bits per heavy atom. The van der Waals surface area contributed by atoms with E-state index in [1.165, 1.54) is 6.21 Å². The van der Waals surface area contributed by atoms with Crippen molar-refractivity contribution in [3.05, 3.63) is 91.9 Å². The van der Waals surface area contributed by atoms with Crippen molar-refractivity contribution in [2.24, 2.45) is 5.10 Å². The number of hydrazone groups is 1. The molecule has 0 saturated heterocycles. The van der Waals surface area contributed by atoms with E-state index >= 15 is 0 Å². The van der Waals surface area contributed by atoms with Crippen LogP contribution in [-0.4, -0.2) is 24.6 Å². The number of carbonyl (C=O) groups excluding carboxylic acids is 2. The molecule has 170 valence electrons. The molecule has 0 fully saturated rings. The summed E-state index contributed by atoms with van der Waals surface area (Å²) in [7, 11) is 0. The van der Waals surface area contributed by atoms with Gasteiger partial charge in [-0.1, -0.05) is 58.6 Å². The summed E-state index contributed by atoms with van der Waals surface area (Å²) in [5.74, 6) is -0.577. The molecule has 33 heavy (non-hydrogen) atoms. The molecule has 0 atom stereocenters. The summed E-state index contributed by atoms with van der Waals surface area (Å²) < 4.78 is 5.50. The summed E-state index contributed by atoms with van der Waals surface area (Å²) in [5, 5.41) is 7.56. The number of halogens is 3. The van der Waals surface area contributed by atoms with Gasteiger partial charge in [0.25, 0.3) is 11.8 Å². The highest BCUT2D eigenvalue weighted by Crippen LogP contribution is 2.34. The number of ether oxygens (including phenoxy) is 1. The fourth-order valence-electron chi connectivity index (χ4n) is 2.73. The molecule has 3 aromatic rings.